The second-order valence-corrected chi connectivity index (χ2v) is 11.6. The van der Waals surface area contributed by atoms with E-state index in [0.29, 0.717) is 13.1 Å². The summed E-state index contributed by atoms with van der Waals surface area (Å²) in [5.41, 5.74) is 1.70. The first-order chi connectivity index (χ1) is 16.7. The van der Waals surface area contributed by atoms with Crippen molar-refractivity contribution in [3.8, 4) is 0 Å². The summed E-state index contributed by atoms with van der Waals surface area (Å²) in [5, 5.41) is 0. The second kappa shape index (κ2) is 9.84. The van der Waals surface area contributed by atoms with Gasteiger partial charge in [0.2, 0.25) is 0 Å². The van der Waals surface area contributed by atoms with Crippen molar-refractivity contribution in [2.45, 2.75) is 63.6 Å². The molecule has 0 amide bonds. The molecule has 4 nitrogen and oxygen atoms in total. The minimum atomic E-state index is -2.60. The van der Waals surface area contributed by atoms with Crippen LogP contribution in [0.4, 0.5) is 28.9 Å². The Labute approximate surface area is 219 Å². The Balaban J connectivity index is 0.000000187. The smallest absolute Gasteiger partial charge is 0.399 e. The highest BCUT2D eigenvalue weighted by Crippen LogP contribution is 2.37. The second-order valence-electron chi connectivity index (χ2n) is 10.7. The molecule has 3 aliphatic rings. The van der Waals surface area contributed by atoms with Gasteiger partial charge in [0.25, 0.3) is 11.8 Å². The van der Waals surface area contributed by atoms with Gasteiger partial charge in [-0.1, -0.05) is 34.1 Å². The normalized spacial score (nSPS) is 23.5. The molecule has 3 aliphatic heterocycles. The van der Waals surface area contributed by atoms with Crippen molar-refractivity contribution in [2.75, 3.05) is 36.0 Å². The third-order valence-electron chi connectivity index (χ3n) is 7.27. The van der Waals surface area contributed by atoms with Gasteiger partial charge in [-0.3, -0.25) is 0 Å². The summed E-state index contributed by atoms with van der Waals surface area (Å²) in [6, 6.07) is 15.0. The predicted octanol–water partition coefficient (Wildman–Crippen LogP) is 6.13. The van der Waals surface area contributed by atoms with E-state index in [1.165, 1.54) is 0 Å². The molecule has 0 radical (unpaired) electrons. The van der Waals surface area contributed by atoms with E-state index in [1.54, 1.807) is 9.80 Å². The van der Waals surface area contributed by atoms with Crippen LogP contribution in [0.2, 0.25) is 0 Å². The molecule has 2 aromatic rings. The third-order valence-corrected chi connectivity index (χ3v) is 7.77. The highest BCUT2D eigenvalue weighted by Gasteiger charge is 2.51. The Hall–Kier alpha value is -1.78. The SMILES string of the molecule is CC1(C)OB(c2cccc(N3CCC(F)(F)C3)c2)OC1(C)C.FC1(F)CCN(c2cccc(Br)c2)C1. The Morgan fingerprint density at radius 3 is 1.67 bits per heavy atom. The van der Waals surface area contributed by atoms with E-state index >= 15 is 0 Å². The highest BCUT2D eigenvalue weighted by atomic mass is 79.9. The molecule has 3 saturated heterocycles. The van der Waals surface area contributed by atoms with Crippen molar-refractivity contribution >= 4 is 39.9 Å². The van der Waals surface area contributed by atoms with Crippen LogP contribution in [0.15, 0.2) is 53.0 Å². The van der Waals surface area contributed by atoms with Crippen molar-refractivity contribution < 1.29 is 26.9 Å². The molecule has 0 bridgehead atoms. The Morgan fingerprint density at radius 1 is 0.750 bits per heavy atom. The molecular weight excluding hydrogens is 539 g/mol. The van der Waals surface area contributed by atoms with Crippen LogP contribution in [0.5, 0.6) is 0 Å². The maximum atomic E-state index is 13.4. The lowest BCUT2D eigenvalue weighted by atomic mass is 9.79. The van der Waals surface area contributed by atoms with E-state index < -0.39 is 30.2 Å². The van der Waals surface area contributed by atoms with E-state index in [9.17, 15) is 17.6 Å². The van der Waals surface area contributed by atoms with Gasteiger partial charge in [0.15, 0.2) is 0 Å². The summed E-state index contributed by atoms with van der Waals surface area (Å²) >= 11 is 3.32. The zero-order chi connectivity index (χ0) is 26.4. The summed E-state index contributed by atoms with van der Waals surface area (Å²) < 4.78 is 65.6. The minimum absolute atomic E-state index is 0.0421. The predicted molar refractivity (Wildman–Crippen MR) is 140 cm³/mol. The van der Waals surface area contributed by atoms with Gasteiger partial charge in [0, 0.05) is 41.8 Å². The summed E-state index contributed by atoms with van der Waals surface area (Å²) in [4.78, 5) is 3.43. The summed E-state index contributed by atoms with van der Waals surface area (Å²) in [7, 11) is -0.465. The molecular formula is C26H32BBrF4N2O2. The number of anilines is 2. The minimum Gasteiger partial charge on any atom is -0.399 e. The van der Waals surface area contributed by atoms with Crippen LogP contribution >= 0.6 is 15.9 Å². The third kappa shape index (κ3) is 6.19. The van der Waals surface area contributed by atoms with Gasteiger partial charge in [-0.15, -0.1) is 0 Å². The molecule has 0 aromatic heterocycles. The Bertz CT molecular complexity index is 1070. The zero-order valence-electron chi connectivity index (χ0n) is 21.0. The zero-order valence-corrected chi connectivity index (χ0v) is 22.6. The van der Waals surface area contributed by atoms with Gasteiger partial charge in [0.05, 0.1) is 24.3 Å². The number of hydrogen-bond acceptors (Lipinski definition) is 4. The first-order valence-electron chi connectivity index (χ1n) is 12.1. The molecule has 196 valence electrons. The maximum absolute atomic E-state index is 13.4. The Morgan fingerprint density at radius 2 is 1.22 bits per heavy atom. The fraction of sp³-hybridized carbons (Fsp3) is 0.538. The van der Waals surface area contributed by atoms with Crippen LogP contribution in [-0.2, 0) is 9.31 Å². The number of nitrogens with zero attached hydrogens (tertiary/aromatic N) is 2. The fourth-order valence-corrected chi connectivity index (χ4v) is 4.82. The number of rotatable bonds is 3. The largest absolute Gasteiger partial charge is 0.494 e. The number of benzene rings is 2. The van der Waals surface area contributed by atoms with Crippen molar-refractivity contribution in [1.29, 1.82) is 0 Å². The molecule has 0 atom stereocenters. The summed E-state index contributed by atoms with van der Waals surface area (Å²) in [6.07, 6.45) is -0.132. The fourth-order valence-electron chi connectivity index (χ4n) is 4.43. The highest BCUT2D eigenvalue weighted by molar-refractivity contribution is 9.10. The van der Waals surface area contributed by atoms with Gasteiger partial charge >= 0.3 is 7.12 Å². The molecule has 0 aliphatic carbocycles. The van der Waals surface area contributed by atoms with Crippen LogP contribution in [-0.4, -0.2) is 56.3 Å². The van der Waals surface area contributed by atoms with E-state index in [1.807, 2.05) is 76.2 Å². The van der Waals surface area contributed by atoms with E-state index in [-0.39, 0.29) is 25.9 Å². The van der Waals surface area contributed by atoms with E-state index in [4.69, 9.17) is 9.31 Å². The molecule has 2 aromatic carbocycles. The molecule has 0 saturated carbocycles. The molecule has 5 rings (SSSR count). The van der Waals surface area contributed by atoms with Gasteiger partial charge in [0.1, 0.15) is 0 Å². The standard InChI is InChI=1S/C16H22BF2NO2.C10H10BrF2N/c1-14(2)15(3,4)22-17(21-14)12-6-5-7-13(10-12)20-9-8-16(18,19)11-20;11-8-2-1-3-9(6-8)14-5-4-10(12,13)7-14/h5-7,10H,8-9,11H2,1-4H3;1-3,6H,4-5,7H2. The quantitative estimate of drug-likeness (QED) is 0.327. The van der Waals surface area contributed by atoms with Crippen molar-refractivity contribution in [2.24, 2.45) is 0 Å². The van der Waals surface area contributed by atoms with Gasteiger partial charge in [-0.2, -0.15) is 0 Å². The molecule has 3 heterocycles. The molecule has 0 N–H and O–H groups in total. The lowest BCUT2D eigenvalue weighted by Gasteiger charge is -2.32. The number of hydrogen-bond donors (Lipinski definition) is 0. The first kappa shape index (κ1) is 27.3. The molecule has 10 heteroatoms. The van der Waals surface area contributed by atoms with Crippen LogP contribution in [0.3, 0.4) is 0 Å². The molecule has 36 heavy (non-hydrogen) atoms. The average Bonchev–Trinajstić information content (AvgIpc) is 3.40. The van der Waals surface area contributed by atoms with Crippen LogP contribution in [0.25, 0.3) is 0 Å². The van der Waals surface area contributed by atoms with Crippen molar-refractivity contribution in [3.63, 3.8) is 0 Å². The average molecular weight is 571 g/mol. The Kier molecular flexibility index (Phi) is 7.45. The number of alkyl halides is 4. The van der Waals surface area contributed by atoms with Crippen LogP contribution in [0, 0.1) is 0 Å². The monoisotopic (exact) mass is 570 g/mol. The van der Waals surface area contributed by atoms with Crippen LogP contribution < -0.4 is 15.3 Å². The van der Waals surface area contributed by atoms with Gasteiger partial charge in [-0.25, -0.2) is 17.6 Å². The molecule has 3 fully saturated rings. The van der Waals surface area contributed by atoms with Crippen LogP contribution in [0.1, 0.15) is 40.5 Å². The van der Waals surface area contributed by atoms with Crippen molar-refractivity contribution in [3.05, 3.63) is 53.0 Å². The first-order valence-corrected chi connectivity index (χ1v) is 12.9. The lowest BCUT2D eigenvalue weighted by molar-refractivity contribution is 0.00578. The van der Waals surface area contributed by atoms with E-state index in [0.717, 1.165) is 21.3 Å². The number of halogens is 5. The summed E-state index contributed by atoms with van der Waals surface area (Å²) in [5.74, 6) is -5.12. The van der Waals surface area contributed by atoms with Gasteiger partial charge < -0.3 is 19.1 Å². The maximum Gasteiger partial charge on any atom is 0.494 e. The lowest BCUT2D eigenvalue weighted by Crippen LogP contribution is -2.41. The topological polar surface area (TPSA) is 24.9 Å². The molecule has 0 unspecified atom stereocenters. The molecule has 0 spiro atoms. The van der Waals surface area contributed by atoms with E-state index in [2.05, 4.69) is 15.9 Å². The van der Waals surface area contributed by atoms with Gasteiger partial charge in [-0.05, 0) is 63.5 Å². The summed E-state index contributed by atoms with van der Waals surface area (Å²) in [6.45, 7) is 8.41. The van der Waals surface area contributed by atoms with Crippen molar-refractivity contribution in [1.82, 2.24) is 0 Å².